The summed E-state index contributed by atoms with van der Waals surface area (Å²) in [6, 6.07) is 1.26. The molecule has 3 nitrogen and oxygen atoms in total. The lowest BCUT2D eigenvalue weighted by atomic mass is 10.3. The largest absolute Gasteiger partial charge is 0.481 e. The van der Waals surface area contributed by atoms with Crippen LogP contribution in [0.1, 0.15) is 5.69 Å². The fourth-order valence-corrected chi connectivity index (χ4v) is 1.34. The Morgan fingerprint density at radius 2 is 2.42 bits per heavy atom. The summed E-state index contributed by atoms with van der Waals surface area (Å²) in [5.74, 6) is -1.42. The highest BCUT2D eigenvalue weighted by Crippen LogP contribution is 2.11. The van der Waals surface area contributed by atoms with Gasteiger partial charge in [0.2, 0.25) is 0 Å². The van der Waals surface area contributed by atoms with E-state index in [1.807, 2.05) is 22.6 Å². The summed E-state index contributed by atoms with van der Waals surface area (Å²) in [4.78, 5) is 13.9. The molecule has 12 heavy (non-hydrogen) atoms. The first kappa shape index (κ1) is 9.37. The Kier molecular flexibility index (Phi) is 2.96. The first-order valence-corrected chi connectivity index (χ1v) is 4.19. The van der Waals surface area contributed by atoms with Gasteiger partial charge in [-0.2, -0.15) is 0 Å². The Bertz CT molecular complexity index is 316. The zero-order chi connectivity index (χ0) is 9.14. The van der Waals surface area contributed by atoms with Crippen molar-refractivity contribution in [2.75, 3.05) is 0 Å². The maximum atomic E-state index is 12.5. The monoisotopic (exact) mass is 281 g/mol. The number of aliphatic carboxylic acids is 1. The van der Waals surface area contributed by atoms with Crippen LogP contribution in [0, 0.1) is 9.39 Å². The van der Waals surface area contributed by atoms with E-state index in [0.29, 0.717) is 9.26 Å². The van der Waals surface area contributed by atoms with E-state index in [2.05, 4.69) is 4.98 Å². The van der Waals surface area contributed by atoms with Crippen LogP contribution in [-0.4, -0.2) is 16.1 Å². The number of carboxylic acid groups (broad SMARTS) is 1. The van der Waals surface area contributed by atoms with Gasteiger partial charge in [-0.05, 0) is 28.7 Å². The van der Waals surface area contributed by atoms with Gasteiger partial charge in [0, 0.05) is 3.57 Å². The SMILES string of the molecule is O=C(O)Cc1ncc(F)cc1I. The Balaban J connectivity index is 2.93. The maximum Gasteiger partial charge on any atom is 0.309 e. The molecule has 0 fully saturated rings. The summed E-state index contributed by atoms with van der Waals surface area (Å²) >= 11 is 1.85. The minimum Gasteiger partial charge on any atom is -0.481 e. The Hall–Kier alpha value is -0.720. The molecule has 0 bridgehead atoms. The van der Waals surface area contributed by atoms with Crippen molar-refractivity contribution >= 4 is 28.6 Å². The smallest absolute Gasteiger partial charge is 0.309 e. The van der Waals surface area contributed by atoms with E-state index in [1.165, 1.54) is 6.07 Å². The third kappa shape index (κ3) is 2.40. The summed E-state index contributed by atoms with van der Waals surface area (Å²) in [5.41, 5.74) is 0.393. The number of rotatable bonds is 2. The molecule has 0 saturated carbocycles. The van der Waals surface area contributed by atoms with Crippen molar-refractivity contribution < 1.29 is 14.3 Å². The van der Waals surface area contributed by atoms with E-state index in [0.717, 1.165) is 6.20 Å². The Morgan fingerprint density at radius 1 is 1.75 bits per heavy atom. The van der Waals surface area contributed by atoms with Crippen LogP contribution in [0.3, 0.4) is 0 Å². The number of hydrogen-bond donors (Lipinski definition) is 1. The molecule has 0 radical (unpaired) electrons. The van der Waals surface area contributed by atoms with Crippen LogP contribution in [0.25, 0.3) is 0 Å². The molecule has 1 aromatic rings. The van der Waals surface area contributed by atoms with Gasteiger partial charge >= 0.3 is 5.97 Å². The van der Waals surface area contributed by atoms with Crippen LogP contribution >= 0.6 is 22.6 Å². The van der Waals surface area contributed by atoms with Gasteiger partial charge in [-0.25, -0.2) is 4.39 Å². The van der Waals surface area contributed by atoms with Gasteiger partial charge in [0.25, 0.3) is 0 Å². The minimum atomic E-state index is -0.966. The summed E-state index contributed by atoms with van der Waals surface area (Å²) in [5, 5.41) is 8.42. The molecule has 64 valence electrons. The number of carboxylic acids is 1. The molecule has 1 aromatic heterocycles. The molecular formula is C7H5FINO2. The van der Waals surface area contributed by atoms with Crippen LogP contribution in [0.4, 0.5) is 4.39 Å². The van der Waals surface area contributed by atoms with E-state index in [-0.39, 0.29) is 6.42 Å². The molecule has 0 atom stereocenters. The van der Waals surface area contributed by atoms with E-state index in [9.17, 15) is 9.18 Å². The van der Waals surface area contributed by atoms with Gasteiger partial charge in [0.1, 0.15) is 5.82 Å². The molecule has 0 aromatic carbocycles. The van der Waals surface area contributed by atoms with Gasteiger partial charge in [-0.3, -0.25) is 9.78 Å². The Morgan fingerprint density at radius 3 is 2.92 bits per heavy atom. The second kappa shape index (κ2) is 3.79. The average Bonchev–Trinajstić information content (AvgIpc) is 1.94. The fourth-order valence-electron chi connectivity index (χ4n) is 0.716. The predicted molar refractivity (Wildman–Crippen MR) is 48.3 cm³/mol. The number of halogens is 2. The zero-order valence-corrected chi connectivity index (χ0v) is 8.08. The van der Waals surface area contributed by atoms with Crippen LogP contribution in [0.15, 0.2) is 12.3 Å². The summed E-state index contributed by atoms with van der Waals surface area (Å²) in [6.45, 7) is 0. The standard InChI is InChI=1S/C7H5FINO2/c8-4-1-5(9)6(10-3-4)2-7(11)12/h1,3H,2H2,(H,11,12). The van der Waals surface area contributed by atoms with Crippen molar-refractivity contribution in [1.82, 2.24) is 4.98 Å². The lowest BCUT2D eigenvalue weighted by molar-refractivity contribution is -0.136. The second-order valence-corrected chi connectivity index (χ2v) is 3.31. The molecule has 0 unspecified atom stereocenters. The normalized spacial score (nSPS) is 9.83. The molecule has 1 heterocycles. The molecule has 0 spiro atoms. The van der Waals surface area contributed by atoms with E-state index in [4.69, 9.17) is 5.11 Å². The van der Waals surface area contributed by atoms with Crippen LogP contribution in [0.5, 0.6) is 0 Å². The molecule has 0 saturated heterocycles. The molecule has 0 amide bonds. The highest BCUT2D eigenvalue weighted by Gasteiger charge is 2.06. The first-order chi connectivity index (χ1) is 5.59. The van der Waals surface area contributed by atoms with Crippen LogP contribution < -0.4 is 0 Å². The molecule has 0 aliphatic heterocycles. The number of carbonyl (C=O) groups is 1. The Labute approximate surface area is 81.8 Å². The highest BCUT2D eigenvalue weighted by molar-refractivity contribution is 14.1. The van der Waals surface area contributed by atoms with Crippen LogP contribution in [0.2, 0.25) is 0 Å². The number of pyridine rings is 1. The molecule has 5 heteroatoms. The van der Waals surface area contributed by atoms with Crippen molar-refractivity contribution in [1.29, 1.82) is 0 Å². The molecule has 0 aliphatic rings. The van der Waals surface area contributed by atoms with E-state index in [1.54, 1.807) is 0 Å². The zero-order valence-electron chi connectivity index (χ0n) is 5.92. The maximum absolute atomic E-state index is 12.5. The van der Waals surface area contributed by atoms with Gasteiger partial charge in [-0.15, -0.1) is 0 Å². The summed E-state index contributed by atoms with van der Waals surface area (Å²) < 4.78 is 13.0. The van der Waals surface area contributed by atoms with Gasteiger partial charge in [0.05, 0.1) is 18.3 Å². The second-order valence-electron chi connectivity index (χ2n) is 2.15. The fraction of sp³-hybridized carbons (Fsp3) is 0.143. The van der Waals surface area contributed by atoms with Crippen molar-refractivity contribution in [3.8, 4) is 0 Å². The van der Waals surface area contributed by atoms with E-state index < -0.39 is 11.8 Å². The summed E-state index contributed by atoms with van der Waals surface area (Å²) in [6.07, 6.45) is 0.846. The lowest BCUT2D eigenvalue weighted by Crippen LogP contribution is -2.04. The third-order valence-corrected chi connectivity index (χ3v) is 2.14. The molecule has 0 aliphatic carbocycles. The van der Waals surface area contributed by atoms with Crippen molar-refractivity contribution in [2.45, 2.75) is 6.42 Å². The summed E-state index contributed by atoms with van der Waals surface area (Å²) in [7, 11) is 0. The first-order valence-electron chi connectivity index (χ1n) is 3.11. The molecular weight excluding hydrogens is 276 g/mol. The molecule has 1 N–H and O–H groups in total. The molecule has 1 rings (SSSR count). The van der Waals surface area contributed by atoms with Gasteiger partial charge in [-0.1, -0.05) is 0 Å². The van der Waals surface area contributed by atoms with Gasteiger partial charge < -0.3 is 5.11 Å². The lowest BCUT2D eigenvalue weighted by Gasteiger charge is -1.98. The topological polar surface area (TPSA) is 50.2 Å². The minimum absolute atomic E-state index is 0.168. The van der Waals surface area contributed by atoms with Crippen molar-refractivity contribution in [2.24, 2.45) is 0 Å². The predicted octanol–water partition coefficient (Wildman–Crippen LogP) is 1.45. The quantitative estimate of drug-likeness (QED) is 0.835. The number of aromatic nitrogens is 1. The number of hydrogen-bond acceptors (Lipinski definition) is 2. The highest BCUT2D eigenvalue weighted by atomic mass is 127. The number of nitrogens with zero attached hydrogens (tertiary/aromatic N) is 1. The van der Waals surface area contributed by atoms with Crippen molar-refractivity contribution in [3.63, 3.8) is 0 Å². The van der Waals surface area contributed by atoms with Gasteiger partial charge in [0.15, 0.2) is 0 Å². The average molecular weight is 281 g/mol. The van der Waals surface area contributed by atoms with E-state index >= 15 is 0 Å². The van der Waals surface area contributed by atoms with Crippen LogP contribution in [-0.2, 0) is 11.2 Å². The third-order valence-electron chi connectivity index (χ3n) is 1.20. The van der Waals surface area contributed by atoms with Crippen molar-refractivity contribution in [3.05, 3.63) is 27.3 Å².